The molecular formula is C24H36FN3O2. The molecule has 1 aliphatic heterocycles. The Hall–Kier alpha value is -1.50. The lowest BCUT2D eigenvalue weighted by Crippen LogP contribution is -2.48. The van der Waals surface area contributed by atoms with Crippen LogP contribution in [0.2, 0.25) is 0 Å². The van der Waals surface area contributed by atoms with Crippen molar-refractivity contribution in [2.45, 2.75) is 50.7 Å². The lowest BCUT2D eigenvalue weighted by molar-refractivity contribution is -0.0493. The summed E-state index contributed by atoms with van der Waals surface area (Å²) in [6, 6.07) is 5.29. The third kappa shape index (κ3) is 4.87. The zero-order valence-electron chi connectivity index (χ0n) is 18.4. The highest BCUT2D eigenvalue weighted by Gasteiger charge is 2.45. The van der Waals surface area contributed by atoms with Crippen molar-refractivity contribution < 1.29 is 13.9 Å². The van der Waals surface area contributed by atoms with Crippen molar-refractivity contribution in [1.82, 2.24) is 9.80 Å². The van der Waals surface area contributed by atoms with Gasteiger partial charge in [-0.1, -0.05) is 6.07 Å². The Morgan fingerprint density at radius 3 is 2.63 bits per heavy atom. The van der Waals surface area contributed by atoms with Gasteiger partial charge in [0, 0.05) is 25.7 Å². The summed E-state index contributed by atoms with van der Waals surface area (Å²) in [4.78, 5) is 17.3. The number of carbonyl (C=O) groups excluding carboxylic acids is 1. The van der Waals surface area contributed by atoms with E-state index in [1.165, 1.54) is 18.9 Å². The fourth-order valence-electron chi connectivity index (χ4n) is 5.19. The van der Waals surface area contributed by atoms with E-state index in [-0.39, 0.29) is 17.6 Å². The van der Waals surface area contributed by atoms with Crippen LogP contribution in [0, 0.1) is 23.6 Å². The molecule has 2 aliphatic carbocycles. The number of aryl methyl sites for hydroxylation is 1. The first kappa shape index (κ1) is 21.7. The summed E-state index contributed by atoms with van der Waals surface area (Å²) >= 11 is 0. The van der Waals surface area contributed by atoms with E-state index in [9.17, 15) is 9.18 Å². The van der Waals surface area contributed by atoms with E-state index in [4.69, 9.17) is 10.5 Å². The molecule has 3 aliphatic rings. The first-order valence-electron chi connectivity index (χ1n) is 11.5. The number of hydrogen-bond donors (Lipinski definition) is 1. The van der Waals surface area contributed by atoms with E-state index in [1.807, 2.05) is 4.90 Å². The van der Waals surface area contributed by atoms with Gasteiger partial charge in [-0.25, -0.2) is 4.39 Å². The van der Waals surface area contributed by atoms with Crippen molar-refractivity contribution in [3.63, 3.8) is 0 Å². The van der Waals surface area contributed by atoms with Crippen LogP contribution in [0.4, 0.5) is 4.39 Å². The van der Waals surface area contributed by atoms with Gasteiger partial charge >= 0.3 is 0 Å². The van der Waals surface area contributed by atoms with Crippen molar-refractivity contribution in [2.75, 3.05) is 40.3 Å². The number of rotatable bonds is 8. The van der Waals surface area contributed by atoms with Crippen LogP contribution in [0.25, 0.3) is 0 Å². The van der Waals surface area contributed by atoms with Gasteiger partial charge in [0.05, 0.1) is 11.7 Å². The number of benzene rings is 1. The predicted octanol–water partition coefficient (Wildman–Crippen LogP) is 2.92. The third-order valence-corrected chi connectivity index (χ3v) is 7.21. The Kier molecular flexibility index (Phi) is 6.75. The first-order valence-corrected chi connectivity index (χ1v) is 11.5. The molecule has 1 aromatic rings. The largest absolute Gasteiger partial charge is 0.376 e. The monoisotopic (exact) mass is 417 g/mol. The SMILES string of the molecule is CN(C)[C@@H]1C[C@@H]2CN(C(=O)c3cc(CCCN)ccc3F)C[C@@H]2C[C@H]1OCC1CC1. The molecule has 30 heavy (non-hydrogen) atoms. The molecule has 2 N–H and O–H groups in total. The van der Waals surface area contributed by atoms with Crippen molar-refractivity contribution in [3.05, 3.63) is 35.1 Å². The number of amides is 1. The minimum Gasteiger partial charge on any atom is -0.376 e. The van der Waals surface area contributed by atoms with Crippen LogP contribution in [0.3, 0.4) is 0 Å². The average molecular weight is 418 g/mol. The van der Waals surface area contributed by atoms with Gasteiger partial charge in [-0.05, 0) is 94.6 Å². The van der Waals surface area contributed by atoms with E-state index in [1.54, 1.807) is 12.1 Å². The molecule has 1 amide bonds. The molecule has 0 aromatic heterocycles. The summed E-state index contributed by atoms with van der Waals surface area (Å²) < 4.78 is 20.8. The summed E-state index contributed by atoms with van der Waals surface area (Å²) in [5.74, 6) is 1.06. The Bertz CT molecular complexity index is 752. The average Bonchev–Trinajstić information content (AvgIpc) is 3.47. The highest BCUT2D eigenvalue weighted by molar-refractivity contribution is 5.95. The summed E-state index contributed by atoms with van der Waals surface area (Å²) in [7, 11) is 4.25. The molecule has 2 saturated carbocycles. The van der Waals surface area contributed by atoms with Crippen LogP contribution in [-0.2, 0) is 11.2 Å². The van der Waals surface area contributed by atoms with Gasteiger partial charge in [0.15, 0.2) is 0 Å². The van der Waals surface area contributed by atoms with Crippen LogP contribution < -0.4 is 5.73 Å². The third-order valence-electron chi connectivity index (χ3n) is 7.21. The molecule has 4 atom stereocenters. The number of ether oxygens (including phenoxy) is 1. The van der Waals surface area contributed by atoms with E-state index in [0.717, 1.165) is 50.3 Å². The van der Waals surface area contributed by atoms with Crippen LogP contribution in [0.1, 0.15) is 48.0 Å². The molecule has 0 bridgehead atoms. The van der Waals surface area contributed by atoms with Gasteiger partial charge in [0.25, 0.3) is 5.91 Å². The molecule has 1 heterocycles. The summed E-state index contributed by atoms with van der Waals surface area (Å²) in [5, 5.41) is 0. The van der Waals surface area contributed by atoms with Crippen molar-refractivity contribution in [3.8, 4) is 0 Å². The standard InChI is InChI=1S/C24H36FN3O2/c1-27(2)22-11-18-13-28(14-19(18)12-23(22)30-15-17-5-6-17)24(29)20-10-16(4-3-9-26)7-8-21(20)25/h7-8,10,17-19,22-23H,3-6,9,11-15,26H2,1-2H3/t18-,19+,22-,23-/m1/s1. The summed E-state index contributed by atoms with van der Waals surface area (Å²) in [6.07, 6.45) is 6.45. The molecular weight excluding hydrogens is 381 g/mol. The van der Waals surface area contributed by atoms with E-state index in [0.29, 0.717) is 31.0 Å². The van der Waals surface area contributed by atoms with Gasteiger partial charge in [-0.15, -0.1) is 0 Å². The molecule has 5 nitrogen and oxygen atoms in total. The van der Waals surface area contributed by atoms with E-state index < -0.39 is 5.82 Å². The molecule has 4 rings (SSSR count). The number of likely N-dealkylation sites (N-methyl/N-ethyl adjacent to an activating group) is 1. The molecule has 6 heteroatoms. The summed E-state index contributed by atoms with van der Waals surface area (Å²) in [6.45, 7) is 2.89. The number of likely N-dealkylation sites (tertiary alicyclic amines) is 1. The Morgan fingerprint density at radius 1 is 1.23 bits per heavy atom. The number of fused-ring (bicyclic) bond motifs is 1. The van der Waals surface area contributed by atoms with Gasteiger partial charge in [-0.2, -0.15) is 0 Å². The highest BCUT2D eigenvalue weighted by Crippen LogP contribution is 2.40. The van der Waals surface area contributed by atoms with Gasteiger partial charge < -0.3 is 20.3 Å². The maximum Gasteiger partial charge on any atom is 0.256 e. The normalized spacial score (nSPS) is 28.8. The fourth-order valence-corrected chi connectivity index (χ4v) is 5.19. The molecule has 1 aromatic carbocycles. The van der Waals surface area contributed by atoms with Crippen LogP contribution in [0.15, 0.2) is 18.2 Å². The molecule has 1 saturated heterocycles. The van der Waals surface area contributed by atoms with Crippen molar-refractivity contribution in [1.29, 1.82) is 0 Å². The second-order valence-electron chi connectivity index (χ2n) is 9.75. The number of nitrogens with zero attached hydrogens (tertiary/aromatic N) is 2. The van der Waals surface area contributed by atoms with E-state index >= 15 is 0 Å². The number of halogens is 1. The van der Waals surface area contributed by atoms with E-state index in [2.05, 4.69) is 19.0 Å². The fraction of sp³-hybridized carbons (Fsp3) is 0.708. The topological polar surface area (TPSA) is 58.8 Å². The number of hydrogen-bond acceptors (Lipinski definition) is 4. The van der Waals surface area contributed by atoms with Crippen LogP contribution in [-0.4, -0.2) is 68.2 Å². The Balaban J connectivity index is 1.43. The molecule has 0 spiro atoms. The lowest BCUT2D eigenvalue weighted by Gasteiger charge is -2.41. The Morgan fingerprint density at radius 2 is 1.97 bits per heavy atom. The molecule has 0 unspecified atom stereocenters. The first-order chi connectivity index (χ1) is 14.5. The van der Waals surface area contributed by atoms with Gasteiger partial charge in [0.2, 0.25) is 0 Å². The summed E-state index contributed by atoms with van der Waals surface area (Å²) in [5.41, 5.74) is 6.77. The molecule has 0 radical (unpaired) electrons. The van der Waals surface area contributed by atoms with Gasteiger partial charge in [-0.3, -0.25) is 4.79 Å². The van der Waals surface area contributed by atoms with Crippen LogP contribution in [0.5, 0.6) is 0 Å². The molecule has 3 fully saturated rings. The smallest absolute Gasteiger partial charge is 0.256 e. The van der Waals surface area contributed by atoms with Gasteiger partial charge in [0.1, 0.15) is 5.82 Å². The number of carbonyl (C=O) groups is 1. The predicted molar refractivity (Wildman–Crippen MR) is 116 cm³/mol. The zero-order valence-corrected chi connectivity index (χ0v) is 18.4. The Labute approximate surface area is 179 Å². The van der Waals surface area contributed by atoms with Crippen LogP contribution >= 0.6 is 0 Å². The second kappa shape index (κ2) is 9.33. The maximum absolute atomic E-state index is 14.5. The second-order valence-corrected chi connectivity index (χ2v) is 9.75. The highest BCUT2D eigenvalue weighted by atomic mass is 19.1. The zero-order chi connectivity index (χ0) is 21.3. The quantitative estimate of drug-likeness (QED) is 0.707. The van der Waals surface area contributed by atoms with Crippen molar-refractivity contribution in [2.24, 2.45) is 23.5 Å². The minimum absolute atomic E-state index is 0.173. The lowest BCUT2D eigenvalue weighted by atomic mass is 9.77. The van der Waals surface area contributed by atoms with Crippen molar-refractivity contribution >= 4 is 5.91 Å². The minimum atomic E-state index is -0.428. The number of nitrogens with two attached hydrogens (primary N) is 1. The maximum atomic E-state index is 14.5. The molecule has 166 valence electrons.